The first-order valence-corrected chi connectivity index (χ1v) is 10.2. The van der Waals surface area contributed by atoms with E-state index in [1.807, 2.05) is 0 Å². The highest BCUT2D eigenvalue weighted by molar-refractivity contribution is 6.00. The van der Waals surface area contributed by atoms with Gasteiger partial charge in [0.1, 0.15) is 42.4 Å². The SMILES string of the molecule is O=C1C2=C(OC3CC(O)CC(O)C13)[C@H](O)CC[C@@H]2O[C@@H]1O[C@H](CO)[C@@H](O)[C@H](O)[C@H]1O. The van der Waals surface area contributed by atoms with Crippen LogP contribution in [0.4, 0.5) is 0 Å². The standard InChI is InChI=1S/C19H28O11/c20-5-11-14(24)16(26)17(27)19(30-11)29-9-2-1-7(22)18-13(9)15(25)12-8(23)3-6(21)4-10(12)28-18/h6-12,14,16-17,19-24,26-27H,1-5H2/t6?,7-,8?,9+,10?,11-,12?,14-,16+,17-,19-/m1/s1. The second kappa shape index (κ2) is 8.41. The van der Waals surface area contributed by atoms with E-state index in [0.29, 0.717) is 0 Å². The Hall–Kier alpha value is -1.15. The highest BCUT2D eigenvalue weighted by atomic mass is 16.7. The Balaban J connectivity index is 1.60. The van der Waals surface area contributed by atoms with Crippen LogP contribution in [0.15, 0.2) is 11.3 Å². The molecule has 1 saturated carbocycles. The fourth-order valence-corrected chi connectivity index (χ4v) is 4.81. The number of Topliss-reactive ketones (excluding diaryl/α,β-unsaturated/α-hetero) is 1. The van der Waals surface area contributed by atoms with Crippen molar-refractivity contribution < 1.29 is 54.8 Å². The molecule has 0 aromatic rings. The summed E-state index contributed by atoms with van der Waals surface area (Å²) in [5, 5.41) is 70.1. The Kier molecular flexibility index (Phi) is 6.19. The number of carbonyl (C=O) groups is 1. The molecule has 11 atom stereocenters. The molecule has 7 N–H and O–H groups in total. The Morgan fingerprint density at radius 1 is 0.967 bits per heavy atom. The number of ether oxygens (including phenoxy) is 3. The first kappa shape index (κ1) is 22.1. The predicted octanol–water partition coefficient (Wildman–Crippen LogP) is -3.32. The Bertz CT molecular complexity index is 694. The number of fused-ring (bicyclic) bond motifs is 1. The third-order valence-corrected chi connectivity index (χ3v) is 6.42. The summed E-state index contributed by atoms with van der Waals surface area (Å²) >= 11 is 0. The van der Waals surface area contributed by atoms with E-state index in [-0.39, 0.29) is 37.0 Å². The zero-order valence-electron chi connectivity index (χ0n) is 16.1. The molecule has 4 aliphatic rings. The zero-order chi connectivity index (χ0) is 21.7. The molecule has 4 unspecified atom stereocenters. The fraction of sp³-hybridized carbons (Fsp3) is 0.842. The van der Waals surface area contributed by atoms with Crippen molar-refractivity contribution in [3.8, 4) is 0 Å². The number of rotatable bonds is 3. The van der Waals surface area contributed by atoms with Gasteiger partial charge in [-0.05, 0) is 12.8 Å². The van der Waals surface area contributed by atoms with Gasteiger partial charge in [-0.25, -0.2) is 0 Å². The van der Waals surface area contributed by atoms with Crippen molar-refractivity contribution in [1.29, 1.82) is 0 Å². The lowest BCUT2D eigenvalue weighted by atomic mass is 9.73. The maximum atomic E-state index is 13.2. The minimum Gasteiger partial charge on any atom is -0.491 e. The second-order valence-corrected chi connectivity index (χ2v) is 8.43. The molecule has 11 heteroatoms. The van der Waals surface area contributed by atoms with Crippen molar-refractivity contribution >= 4 is 5.78 Å². The van der Waals surface area contributed by atoms with Gasteiger partial charge in [0.15, 0.2) is 12.1 Å². The van der Waals surface area contributed by atoms with Crippen LogP contribution in [-0.2, 0) is 19.0 Å². The molecule has 2 fully saturated rings. The molecule has 170 valence electrons. The van der Waals surface area contributed by atoms with Crippen molar-refractivity contribution in [1.82, 2.24) is 0 Å². The van der Waals surface area contributed by atoms with Crippen LogP contribution in [0.2, 0.25) is 0 Å². The average Bonchev–Trinajstić information content (AvgIpc) is 2.69. The van der Waals surface area contributed by atoms with E-state index in [1.54, 1.807) is 0 Å². The van der Waals surface area contributed by atoms with Gasteiger partial charge in [-0.3, -0.25) is 4.79 Å². The number of carbonyl (C=O) groups excluding carboxylic acids is 1. The van der Waals surface area contributed by atoms with Gasteiger partial charge in [0.25, 0.3) is 0 Å². The Morgan fingerprint density at radius 2 is 1.70 bits per heavy atom. The van der Waals surface area contributed by atoms with Gasteiger partial charge < -0.3 is 50.0 Å². The first-order chi connectivity index (χ1) is 14.2. The smallest absolute Gasteiger partial charge is 0.187 e. The van der Waals surface area contributed by atoms with Gasteiger partial charge in [0.2, 0.25) is 0 Å². The number of hydrogen-bond acceptors (Lipinski definition) is 11. The molecule has 0 aromatic heterocycles. The summed E-state index contributed by atoms with van der Waals surface area (Å²) in [5.74, 6) is -1.37. The predicted molar refractivity (Wildman–Crippen MR) is 95.5 cm³/mol. The highest BCUT2D eigenvalue weighted by Gasteiger charge is 2.52. The van der Waals surface area contributed by atoms with Gasteiger partial charge in [0.05, 0.1) is 36.4 Å². The van der Waals surface area contributed by atoms with Crippen LogP contribution in [0, 0.1) is 5.92 Å². The van der Waals surface area contributed by atoms with Crippen molar-refractivity contribution in [3.05, 3.63) is 11.3 Å². The van der Waals surface area contributed by atoms with Crippen LogP contribution in [0.1, 0.15) is 25.7 Å². The van der Waals surface area contributed by atoms with Crippen molar-refractivity contribution in [3.63, 3.8) is 0 Å². The van der Waals surface area contributed by atoms with Crippen LogP contribution in [-0.4, -0.2) is 109 Å². The van der Waals surface area contributed by atoms with Crippen LogP contribution >= 0.6 is 0 Å². The molecule has 2 heterocycles. The van der Waals surface area contributed by atoms with E-state index in [4.69, 9.17) is 14.2 Å². The van der Waals surface area contributed by atoms with Crippen molar-refractivity contribution in [2.45, 2.75) is 86.9 Å². The summed E-state index contributed by atoms with van der Waals surface area (Å²) in [6.07, 6.45) is -11.6. The van der Waals surface area contributed by atoms with E-state index >= 15 is 0 Å². The van der Waals surface area contributed by atoms with E-state index in [0.717, 1.165) is 0 Å². The van der Waals surface area contributed by atoms with Gasteiger partial charge >= 0.3 is 0 Å². The summed E-state index contributed by atoms with van der Waals surface area (Å²) < 4.78 is 17.0. The van der Waals surface area contributed by atoms with E-state index in [1.165, 1.54) is 0 Å². The summed E-state index contributed by atoms with van der Waals surface area (Å²) in [6, 6.07) is 0. The molecule has 4 rings (SSSR count). The fourth-order valence-electron chi connectivity index (χ4n) is 4.81. The molecule has 30 heavy (non-hydrogen) atoms. The van der Waals surface area contributed by atoms with E-state index in [2.05, 4.69) is 0 Å². The largest absolute Gasteiger partial charge is 0.491 e. The van der Waals surface area contributed by atoms with Crippen LogP contribution in [0.3, 0.4) is 0 Å². The normalized spacial score (nSPS) is 49.3. The minimum atomic E-state index is -1.64. The summed E-state index contributed by atoms with van der Waals surface area (Å²) in [4.78, 5) is 13.2. The Morgan fingerprint density at radius 3 is 2.40 bits per heavy atom. The molecule has 0 spiro atoms. The molecule has 0 radical (unpaired) electrons. The molecular weight excluding hydrogens is 404 g/mol. The summed E-state index contributed by atoms with van der Waals surface area (Å²) in [6.45, 7) is -0.623. The van der Waals surface area contributed by atoms with Crippen LogP contribution in [0.5, 0.6) is 0 Å². The van der Waals surface area contributed by atoms with Gasteiger partial charge in [-0.1, -0.05) is 0 Å². The molecular formula is C19H28O11. The highest BCUT2D eigenvalue weighted by Crippen LogP contribution is 2.42. The molecule has 11 nitrogen and oxygen atoms in total. The maximum Gasteiger partial charge on any atom is 0.187 e. The number of hydrogen-bond donors (Lipinski definition) is 7. The van der Waals surface area contributed by atoms with Gasteiger partial charge in [-0.2, -0.15) is 0 Å². The molecule has 0 amide bonds. The van der Waals surface area contributed by atoms with Gasteiger partial charge in [-0.15, -0.1) is 0 Å². The lowest BCUT2D eigenvalue weighted by Gasteiger charge is -2.46. The summed E-state index contributed by atoms with van der Waals surface area (Å²) in [5.41, 5.74) is 0.0300. The minimum absolute atomic E-state index is 0.0170. The number of aliphatic hydroxyl groups excluding tert-OH is 7. The molecule has 2 aliphatic heterocycles. The average molecular weight is 432 g/mol. The number of ketones is 1. The lowest BCUT2D eigenvalue weighted by molar-refractivity contribution is -0.309. The second-order valence-electron chi connectivity index (χ2n) is 8.43. The first-order valence-electron chi connectivity index (χ1n) is 10.2. The third-order valence-electron chi connectivity index (χ3n) is 6.42. The van der Waals surface area contributed by atoms with Gasteiger partial charge in [0, 0.05) is 12.8 Å². The lowest BCUT2D eigenvalue weighted by Crippen LogP contribution is -2.60. The van der Waals surface area contributed by atoms with Crippen molar-refractivity contribution in [2.24, 2.45) is 5.92 Å². The topological polar surface area (TPSA) is 186 Å². The van der Waals surface area contributed by atoms with E-state index in [9.17, 15) is 40.5 Å². The Labute approximate surface area is 172 Å². The molecule has 0 aromatic carbocycles. The summed E-state index contributed by atoms with van der Waals surface area (Å²) in [7, 11) is 0. The quantitative estimate of drug-likeness (QED) is 0.237. The number of aliphatic hydroxyl groups is 7. The molecule has 2 aliphatic carbocycles. The van der Waals surface area contributed by atoms with Crippen molar-refractivity contribution in [2.75, 3.05) is 6.61 Å². The maximum absolute atomic E-state index is 13.2. The third kappa shape index (κ3) is 3.68. The monoisotopic (exact) mass is 432 g/mol. The molecule has 1 saturated heterocycles. The zero-order valence-corrected chi connectivity index (χ0v) is 16.1. The molecule has 0 bridgehead atoms. The van der Waals surface area contributed by atoms with Crippen LogP contribution in [0.25, 0.3) is 0 Å². The van der Waals surface area contributed by atoms with E-state index < -0.39 is 79.5 Å². The van der Waals surface area contributed by atoms with Crippen LogP contribution < -0.4 is 0 Å².